The lowest BCUT2D eigenvalue weighted by molar-refractivity contribution is 0.188. The first-order valence-corrected chi connectivity index (χ1v) is 8.22. The Balaban J connectivity index is 1.56. The first-order chi connectivity index (χ1) is 11.7. The van der Waals surface area contributed by atoms with Crippen molar-refractivity contribution in [3.05, 3.63) is 30.6 Å². The van der Waals surface area contributed by atoms with Crippen molar-refractivity contribution >= 4 is 23.0 Å². The highest BCUT2D eigenvalue weighted by Crippen LogP contribution is 2.37. The summed E-state index contributed by atoms with van der Waals surface area (Å²) in [6.07, 6.45) is 1.54. The van der Waals surface area contributed by atoms with Gasteiger partial charge < -0.3 is 25.2 Å². The minimum atomic E-state index is 0.440. The number of anilines is 4. The second-order valence-electron chi connectivity index (χ2n) is 6.27. The van der Waals surface area contributed by atoms with E-state index in [1.165, 1.54) is 12.0 Å². The van der Waals surface area contributed by atoms with Gasteiger partial charge in [0.05, 0.1) is 11.7 Å². The van der Waals surface area contributed by atoms with E-state index in [9.17, 15) is 0 Å². The average molecular weight is 326 g/mol. The molecule has 2 N–H and O–H groups in total. The van der Waals surface area contributed by atoms with Crippen molar-refractivity contribution in [1.82, 2.24) is 14.9 Å². The van der Waals surface area contributed by atoms with Crippen molar-refractivity contribution in [3.63, 3.8) is 0 Å². The first kappa shape index (κ1) is 15.0. The number of fused-ring (bicyclic) bond motifs is 3. The van der Waals surface area contributed by atoms with Crippen molar-refractivity contribution < 1.29 is 4.74 Å². The highest BCUT2D eigenvalue weighted by Gasteiger charge is 2.31. The van der Waals surface area contributed by atoms with E-state index in [4.69, 9.17) is 4.74 Å². The van der Waals surface area contributed by atoms with E-state index in [1.807, 2.05) is 19.2 Å². The number of nitrogens with one attached hydrogen (secondary N) is 2. The Morgan fingerprint density at radius 2 is 2.04 bits per heavy atom. The third-order valence-corrected chi connectivity index (χ3v) is 4.58. The maximum absolute atomic E-state index is 6.01. The molecular formula is C17H22N6O. The second kappa shape index (κ2) is 6.16. The van der Waals surface area contributed by atoms with E-state index in [0.717, 1.165) is 49.3 Å². The molecule has 7 heteroatoms. The van der Waals surface area contributed by atoms with Crippen molar-refractivity contribution in [2.24, 2.45) is 0 Å². The summed E-state index contributed by atoms with van der Waals surface area (Å²) in [6, 6.07) is 8.57. The fraction of sp³-hybridized carbons (Fsp3) is 0.412. The molecule has 2 aromatic rings. The lowest BCUT2D eigenvalue weighted by Crippen LogP contribution is -2.56. The topological polar surface area (TPSA) is 65.6 Å². The number of nitrogens with zero attached hydrogens (tertiary/aromatic N) is 4. The number of hydrogen-bond acceptors (Lipinski definition) is 7. The van der Waals surface area contributed by atoms with E-state index in [-0.39, 0.29) is 0 Å². The normalized spacial score (nSPS) is 19.9. The molecule has 0 radical (unpaired) electrons. The van der Waals surface area contributed by atoms with Crippen LogP contribution in [-0.2, 0) is 0 Å². The molecule has 1 aromatic carbocycles. The fourth-order valence-electron chi connectivity index (χ4n) is 3.31. The van der Waals surface area contributed by atoms with Gasteiger partial charge in [0, 0.05) is 44.5 Å². The number of ether oxygens (including phenoxy) is 1. The molecule has 7 nitrogen and oxygen atoms in total. The Morgan fingerprint density at radius 1 is 1.17 bits per heavy atom. The first-order valence-electron chi connectivity index (χ1n) is 8.22. The van der Waals surface area contributed by atoms with Crippen LogP contribution in [-0.4, -0.2) is 61.2 Å². The van der Waals surface area contributed by atoms with Gasteiger partial charge in [-0.25, -0.2) is 9.97 Å². The molecule has 0 spiro atoms. The minimum absolute atomic E-state index is 0.440. The van der Waals surface area contributed by atoms with Crippen molar-refractivity contribution in [3.8, 4) is 5.75 Å². The average Bonchev–Trinajstić information content (AvgIpc) is 2.61. The zero-order valence-electron chi connectivity index (χ0n) is 14.0. The zero-order chi connectivity index (χ0) is 16.5. The summed E-state index contributed by atoms with van der Waals surface area (Å²) in [4.78, 5) is 13.2. The van der Waals surface area contributed by atoms with Gasteiger partial charge in [-0.05, 0) is 19.2 Å². The molecule has 126 valence electrons. The molecule has 0 amide bonds. The smallest absolute Gasteiger partial charge is 0.144 e. The van der Waals surface area contributed by atoms with Crippen LogP contribution in [0, 0.1) is 0 Å². The summed E-state index contributed by atoms with van der Waals surface area (Å²) >= 11 is 0. The number of hydrogen-bond donors (Lipinski definition) is 2. The molecule has 1 atom stereocenters. The van der Waals surface area contributed by atoms with Crippen LogP contribution in [0.4, 0.5) is 23.0 Å². The van der Waals surface area contributed by atoms with Crippen LogP contribution in [0.2, 0.25) is 0 Å². The predicted octanol–water partition coefficient (Wildman–Crippen LogP) is 1.77. The van der Waals surface area contributed by atoms with Gasteiger partial charge in [-0.1, -0.05) is 0 Å². The largest absolute Gasteiger partial charge is 0.489 e. The minimum Gasteiger partial charge on any atom is -0.489 e. The predicted molar refractivity (Wildman–Crippen MR) is 95.4 cm³/mol. The van der Waals surface area contributed by atoms with Gasteiger partial charge >= 0.3 is 0 Å². The second-order valence-corrected chi connectivity index (χ2v) is 6.27. The molecule has 24 heavy (non-hydrogen) atoms. The van der Waals surface area contributed by atoms with Crippen LogP contribution < -0.4 is 20.3 Å². The summed E-state index contributed by atoms with van der Waals surface area (Å²) in [6.45, 7) is 3.91. The number of likely N-dealkylation sites (N-methyl/N-ethyl adjacent to an activating group) is 1. The van der Waals surface area contributed by atoms with E-state index < -0.39 is 0 Å². The molecule has 3 heterocycles. The summed E-state index contributed by atoms with van der Waals surface area (Å²) in [7, 11) is 4.01. The lowest BCUT2D eigenvalue weighted by atomic mass is 10.1. The van der Waals surface area contributed by atoms with Gasteiger partial charge in [0.1, 0.15) is 30.3 Å². The Kier molecular flexibility index (Phi) is 3.86. The van der Waals surface area contributed by atoms with E-state index in [0.29, 0.717) is 6.04 Å². The maximum Gasteiger partial charge on any atom is 0.144 e. The van der Waals surface area contributed by atoms with Crippen LogP contribution in [0.15, 0.2) is 30.6 Å². The molecule has 1 saturated heterocycles. The fourth-order valence-corrected chi connectivity index (χ4v) is 3.31. The Bertz CT molecular complexity index is 737. The van der Waals surface area contributed by atoms with E-state index >= 15 is 0 Å². The highest BCUT2D eigenvalue weighted by molar-refractivity contribution is 5.69. The SMILES string of the molecule is CNc1cc(Nc2ccc3c(c2)OC[C@@H]2CN(C)CCN32)ncn1. The molecule has 1 aromatic heterocycles. The quantitative estimate of drug-likeness (QED) is 0.891. The molecule has 0 saturated carbocycles. The molecule has 1 fully saturated rings. The van der Waals surface area contributed by atoms with Gasteiger partial charge in [-0.2, -0.15) is 0 Å². The number of rotatable bonds is 3. The zero-order valence-corrected chi connectivity index (χ0v) is 14.0. The standard InChI is InChI=1S/C17H22N6O/c1-18-16-8-17(20-11-19-16)21-12-3-4-14-15(7-12)24-10-13-9-22(2)5-6-23(13)14/h3-4,7-8,11,13H,5-6,9-10H2,1-2H3,(H2,18,19,20,21)/t13-/m0/s1. The molecule has 0 bridgehead atoms. The van der Waals surface area contributed by atoms with Crippen LogP contribution in [0.25, 0.3) is 0 Å². The molecular weight excluding hydrogens is 304 g/mol. The third-order valence-electron chi connectivity index (χ3n) is 4.58. The maximum atomic E-state index is 6.01. The molecule has 0 unspecified atom stereocenters. The van der Waals surface area contributed by atoms with Crippen LogP contribution in [0.3, 0.4) is 0 Å². The van der Waals surface area contributed by atoms with Gasteiger partial charge in [0.25, 0.3) is 0 Å². The van der Waals surface area contributed by atoms with Gasteiger partial charge in [-0.3, -0.25) is 0 Å². The van der Waals surface area contributed by atoms with Gasteiger partial charge in [0.2, 0.25) is 0 Å². The molecule has 2 aliphatic rings. The molecule has 2 aliphatic heterocycles. The number of benzene rings is 1. The van der Waals surface area contributed by atoms with E-state index in [1.54, 1.807) is 0 Å². The number of aromatic nitrogens is 2. The van der Waals surface area contributed by atoms with E-state index in [2.05, 4.69) is 49.6 Å². The summed E-state index contributed by atoms with van der Waals surface area (Å²) < 4.78 is 6.01. The van der Waals surface area contributed by atoms with Crippen molar-refractivity contribution in [1.29, 1.82) is 0 Å². The Morgan fingerprint density at radius 3 is 2.92 bits per heavy atom. The van der Waals surface area contributed by atoms with Gasteiger partial charge in [0.15, 0.2) is 0 Å². The summed E-state index contributed by atoms with van der Waals surface area (Å²) in [5, 5.41) is 6.32. The van der Waals surface area contributed by atoms with Crippen LogP contribution >= 0.6 is 0 Å². The van der Waals surface area contributed by atoms with Crippen molar-refractivity contribution in [2.75, 3.05) is 55.9 Å². The number of piperazine rings is 1. The summed E-state index contributed by atoms with van der Waals surface area (Å²) in [5.74, 6) is 2.47. The van der Waals surface area contributed by atoms with Crippen molar-refractivity contribution in [2.45, 2.75) is 6.04 Å². The lowest BCUT2D eigenvalue weighted by Gasteiger charge is -2.44. The highest BCUT2D eigenvalue weighted by atomic mass is 16.5. The Hall–Kier alpha value is -2.54. The monoisotopic (exact) mass is 326 g/mol. The van der Waals surface area contributed by atoms with Crippen LogP contribution in [0.1, 0.15) is 0 Å². The molecule has 0 aliphatic carbocycles. The van der Waals surface area contributed by atoms with Crippen LogP contribution in [0.5, 0.6) is 5.75 Å². The molecule has 4 rings (SSSR count). The third kappa shape index (κ3) is 2.82. The van der Waals surface area contributed by atoms with Gasteiger partial charge in [-0.15, -0.1) is 0 Å². The Labute approximate surface area is 141 Å². The summed E-state index contributed by atoms with van der Waals surface area (Å²) in [5.41, 5.74) is 2.14.